The van der Waals surface area contributed by atoms with Crippen LogP contribution in [0.5, 0.6) is 5.75 Å². The molecule has 2 rings (SSSR count). The second-order valence-corrected chi connectivity index (χ2v) is 7.54. The first-order chi connectivity index (χ1) is 10.9. The normalized spacial score (nSPS) is 18.7. The van der Waals surface area contributed by atoms with Crippen LogP contribution in [0.2, 0.25) is 0 Å². The molecule has 0 aromatic heterocycles. The van der Waals surface area contributed by atoms with Gasteiger partial charge in [-0.25, -0.2) is 13.1 Å². The summed E-state index contributed by atoms with van der Waals surface area (Å²) in [6.45, 7) is 5.76. The molecular formula is C16H24N2O4S. The highest BCUT2D eigenvalue weighted by molar-refractivity contribution is 7.89. The van der Waals surface area contributed by atoms with Gasteiger partial charge in [0.05, 0.1) is 10.6 Å². The molecule has 0 fully saturated rings. The molecule has 7 heteroatoms. The van der Waals surface area contributed by atoms with Gasteiger partial charge in [-0.3, -0.25) is 4.79 Å². The van der Waals surface area contributed by atoms with E-state index in [9.17, 15) is 13.2 Å². The van der Waals surface area contributed by atoms with E-state index < -0.39 is 16.1 Å². The summed E-state index contributed by atoms with van der Waals surface area (Å²) in [6.07, 6.45) is 2.72. The monoisotopic (exact) mass is 340 g/mol. The molecule has 128 valence electrons. The van der Waals surface area contributed by atoms with Crippen LogP contribution in [0.1, 0.15) is 46.5 Å². The molecule has 1 aliphatic heterocycles. The molecule has 1 aromatic carbocycles. The van der Waals surface area contributed by atoms with E-state index in [1.54, 1.807) is 13.0 Å². The first kappa shape index (κ1) is 17.7. The van der Waals surface area contributed by atoms with Crippen LogP contribution in [-0.4, -0.2) is 26.5 Å². The van der Waals surface area contributed by atoms with Gasteiger partial charge in [0.2, 0.25) is 10.0 Å². The smallest absolute Gasteiger partial charge is 0.265 e. The Kier molecular flexibility index (Phi) is 5.64. The molecular weight excluding hydrogens is 316 g/mol. The number of unbranched alkanes of at least 4 members (excludes halogenated alkanes) is 1. The Hall–Kier alpha value is -1.60. The van der Waals surface area contributed by atoms with E-state index in [-0.39, 0.29) is 16.8 Å². The number of sulfonamides is 1. The summed E-state index contributed by atoms with van der Waals surface area (Å²) in [6, 6.07) is 4.38. The van der Waals surface area contributed by atoms with Gasteiger partial charge in [-0.05, 0) is 44.4 Å². The fourth-order valence-electron chi connectivity index (χ4n) is 2.29. The number of carbonyl (C=O) groups is 1. The molecule has 2 N–H and O–H groups in total. The highest BCUT2D eigenvalue weighted by Crippen LogP contribution is 2.32. The Balaban J connectivity index is 2.21. The van der Waals surface area contributed by atoms with E-state index in [0.29, 0.717) is 24.3 Å². The maximum atomic E-state index is 12.3. The lowest BCUT2D eigenvalue weighted by atomic mass is 10.1. The minimum Gasteiger partial charge on any atom is -0.478 e. The zero-order chi connectivity index (χ0) is 17.0. The third-order valence-electron chi connectivity index (χ3n) is 3.87. The lowest BCUT2D eigenvalue weighted by Crippen LogP contribution is -2.37. The van der Waals surface area contributed by atoms with Crippen LogP contribution in [0, 0.1) is 0 Å². The van der Waals surface area contributed by atoms with Gasteiger partial charge in [-0.15, -0.1) is 0 Å². The van der Waals surface area contributed by atoms with E-state index >= 15 is 0 Å². The maximum Gasteiger partial charge on any atom is 0.265 e. The number of anilines is 1. The van der Waals surface area contributed by atoms with Crippen molar-refractivity contribution in [1.29, 1.82) is 0 Å². The van der Waals surface area contributed by atoms with Gasteiger partial charge >= 0.3 is 0 Å². The number of carbonyl (C=O) groups excluding carboxylic acids is 1. The van der Waals surface area contributed by atoms with Crippen molar-refractivity contribution in [3.05, 3.63) is 18.2 Å². The van der Waals surface area contributed by atoms with Crippen LogP contribution in [-0.2, 0) is 14.8 Å². The summed E-state index contributed by atoms with van der Waals surface area (Å²) in [5.74, 6) is 0.281. The summed E-state index contributed by atoms with van der Waals surface area (Å²) in [5.41, 5.74) is 0.398. The van der Waals surface area contributed by atoms with Crippen LogP contribution in [0.15, 0.2) is 23.1 Å². The molecule has 0 bridgehead atoms. The van der Waals surface area contributed by atoms with Crippen molar-refractivity contribution in [1.82, 2.24) is 4.72 Å². The van der Waals surface area contributed by atoms with Gasteiger partial charge in [-0.1, -0.05) is 20.3 Å². The molecule has 0 saturated carbocycles. The van der Waals surface area contributed by atoms with E-state index in [4.69, 9.17) is 4.74 Å². The zero-order valence-electron chi connectivity index (χ0n) is 13.8. The molecule has 0 unspecified atom stereocenters. The average molecular weight is 340 g/mol. The van der Waals surface area contributed by atoms with Gasteiger partial charge in [0, 0.05) is 6.04 Å². The van der Waals surface area contributed by atoms with E-state index in [1.165, 1.54) is 12.1 Å². The third-order valence-corrected chi connectivity index (χ3v) is 5.46. The van der Waals surface area contributed by atoms with Crippen LogP contribution in [0.3, 0.4) is 0 Å². The predicted molar refractivity (Wildman–Crippen MR) is 89.1 cm³/mol. The van der Waals surface area contributed by atoms with Crippen molar-refractivity contribution >= 4 is 21.6 Å². The maximum absolute atomic E-state index is 12.3. The van der Waals surface area contributed by atoms with Crippen molar-refractivity contribution in [2.75, 3.05) is 5.32 Å². The van der Waals surface area contributed by atoms with Gasteiger partial charge in [-0.2, -0.15) is 0 Å². The number of benzene rings is 1. The number of amides is 1. The molecule has 1 aliphatic rings. The molecule has 23 heavy (non-hydrogen) atoms. The number of fused-ring (bicyclic) bond motifs is 1. The Morgan fingerprint density at radius 3 is 2.74 bits per heavy atom. The standard InChI is InChI=1S/C16H24N2O4S/c1-4-6-7-15-16(19)17-13-10-12(8-9-14(13)22-15)23(20,21)18-11(3)5-2/h8-11,15,18H,4-7H2,1-3H3,(H,17,19)/t11-,15+/m0/s1. The number of hydrogen-bond acceptors (Lipinski definition) is 4. The average Bonchev–Trinajstić information content (AvgIpc) is 2.51. The molecule has 6 nitrogen and oxygen atoms in total. The van der Waals surface area contributed by atoms with E-state index in [0.717, 1.165) is 12.8 Å². The van der Waals surface area contributed by atoms with E-state index in [1.807, 2.05) is 6.92 Å². The third kappa shape index (κ3) is 4.23. The van der Waals surface area contributed by atoms with Crippen molar-refractivity contribution in [2.45, 2.75) is 63.5 Å². The van der Waals surface area contributed by atoms with Crippen molar-refractivity contribution in [3.8, 4) is 5.75 Å². The topological polar surface area (TPSA) is 84.5 Å². The van der Waals surface area contributed by atoms with Crippen molar-refractivity contribution in [2.24, 2.45) is 0 Å². The number of rotatable bonds is 7. The van der Waals surface area contributed by atoms with Crippen molar-refractivity contribution < 1.29 is 17.9 Å². The first-order valence-corrected chi connectivity index (χ1v) is 9.49. The number of ether oxygens (including phenoxy) is 1. The Bertz CT molecular complexity index is 673. The predicted octanol–water partition coefficient (Wildman–Crippen LogP) is 2.65. The van der Waals surface area contributed by atoms with Crippen LogP contribution in [0.25, 0.3) is 0 Å². The molecule has 2 atom stereocenters. The Labute approximate surface area is 137 Å². The van der Waals surface area contributed by atoms with Crippen LogP contribution >= 0.6 is 0 Å². The highest BCUT2D eigenvalue weighted by atomic mass is 32.2. The lowest BCUT2D eigenvalue weighted by molar-refractivity contribution is -0.123. The quantitative estimate of drug-likeness (QED) is 0.799. The molecule has 1 amide bonds. The summed E-state index contributed by atoms with van der Waals surface area (Å²) < 4.78 is 32.9. The van der Waals surface area contributed by atoms with Crippen LogP contribution < -0.4 is 14.8 Å². The van der Waals surface area contributed by atoms with E-state index in [2.05, 4.69) is 17.0 Å². The molecule has 0 radical (unpaired) electrons. The second kappa shape index (κ2) is 7.31. The molecule has 1 heterocycles. The fourth-order valence-corrected chi connectivity index (χ4v) is 3.65. The minimum absolute atomic E-state index is 0.118. The Morgan fingerprint density at radius 1 is 1.35 bits per heavy atom. The summed E-state index contributed by atoms with van der Waals surface area (Å²) in [4.78, 5) is 12.2. The summed E-state index contributed by atoms with van der Waals surface area (Å²) in [5, 5.41) is 2.74. The number of nitrogens with one attached hydrogen (secondary N) is 2. The SMILES string of the molecule is CCCC[C@H]1Oc2ccc(S(=O)(=O)N[C@@H](C)CC)cc2NC1=O. The highest BCUT2D eigenvalue weighted by Gasteiger charge is 2.28. The molecule has 0 aliphatic carbocycles. The summed E-state index contributed by atoms with van der Waals surface area (Å²) >= 11 is 0. The minimum atomic E-state index is -3.61. The summed E-state index contributed by atoms with van der Waals surface area (Å²) in [7, 11) is -3.61. The van der Waals surface area contributed by atoms with Gasteiger partial charge in [0.25, 0.3) is 5.91 Å². The largest absolute Gasteiger partial charge is 0.478 e. The molecule has 0 saturated heterocycles. The van der Waals surface area contributed by atoms with Crippen LogP contribution in [0.4, 0.5) is 5.69 Å². The zero-order valence-corrected chi connectivity index (χ0v) is 14.6. The molecule has 0 spiro atoms. The van der Waals surface area contributed by atoms with Crippen molar-refractivity contribution in [3.63, 3.8) is 0 Å². The van der Waals surface area contributed by atoms with Gasteiger partial charge in [0.1, 0.15) is 5.75 Å². The second-order valence-electron chi connectivity index (χ2n) is 5.83. The van der Waals surface area contributed by atoms with Gasteiger partial charge in [0.15, 0.2) is 6.10 Å². The first-order valence-electron chi connectivity index (χ1n) is 8.01. The number of hydrogen-bond donors (Lipinski definition) is 2. The Morgan fingerprint density at radius 2 is 2.09 bits per heavy atom. The fraction of sp³-hybridized carbons (Fsp3) is 0.562. The lowest BCUT2D eigenvalue weighted by Gasteiger charge is -2.26. The van der Waals surface area contributed by atoms with Gasteiger partial charge < -0.3 is 10.1 Å². The molecule has 1 aromatic rings.